The summed E-state index contributed by atoms with van der Waals surface area (Å²) in [5, 5.41) is 11.8. The number of carbonyl (C=O) groups is 3. The van der Waals surface area contributed by atoms with Crippen LogP contribution in [0.4, 0.5) is 0 Å². The van der Waals surface area contributed by atoms with Crippen LogP contribution in [-0.4, -0.2) is 82.3 Å². The van der Waals surface area contributed by atoms with Gasteiger partial charge in [0.05, 0.1) is 40.3 Å². The molecule has 0 heterocycles. The van der Waals surface area contributed by atoms with E-state index in [1.807, 2.05) is 21.1 Å². The quantitative estimate of drug-likeness (QED) is 0.0195. The number of hydrogen-bond donors (Lipinski definition) is 0. The summed E-state index contributed by atoms with van der Waals surface area (Å²) in [6.45, 7) is 4.38. The molecular weight excluding hydrogens is 1100 g/mol. The number of allylic oxidation sites excluding steroid dienone is 38. The molecule has 0 N–H and O–H groups in total. The SMILES string of the molecule is CC/C=C\C/C=C\C/C=C\C/C=C\C/C=C\C/C=C\C/C=C\C/C=C\C/C=C\C/C=C\CCCCC(=O)OC(COC(=O)CCCCC/C=C\C/C=C\C/C=C\C/C=C\C/C=C\C/C=C\C/C=C\C/C=C\C/C=C\CC)COC(OCC[N+](C)(C)C)C(=O)[O-]. The molecule has 0 fully saturated rings. The Labute approximate surface area is 542 Å². The molecule has 0 radical (unpaired) electrons. The normalized spacial score (nSPS) is 14.2. The Morgan fingerprint density at radius 1 is 0.337 bits per heavy atom. The number of likely N-dealkylation sites (N-methyl/N-ethyl adjacent to an activating group) is 1. The summed E-state index contributed by atoms with van der Waals surface area (Å²) in [4.78, 5) is 37.4. The van der Waals surface area contributed by atoms with Gasteiger partial charge in [-0.2, -0.15) is 0 Å². The highest BCUT2D eigenvalue weighted by Crippen LogP contribution is 2.11. The van der Waals surface area contributed by atoms with Gasteiger partial charge in [0.25, 0.3) is 0 Å². The van der Waals surface area contributed by atoms with Crippen LogP contribution >= 0.6 is 0 Å². The van der Waals surface area contributed by atoms with Crippen molar-refractivity contribution in [2.45, 2.75) is 206 Å². The van der Waals surface area contributed by atoms with Gasteiger partial charge in [0.1, 0.15) is 13.2 Å². The van der Waals surface area contributed by atoms with E-state index >= 15 is 0 Å². The van der Waals surface area contributed by atoms with Crippen LogP contribution in [0.25, 0.3) is 0 Å². The van der Waals surface area contributed by atoms with Crippen LogP contribution in [0.5, 0.6) is 0 Å². The topological polar surface area (TPSA) is 111 Å². The van der Waals surface area contributed by atoms with Gasteiger partial charge in [-0.1, -0.05) is 251 Å². The molecule has 2 atom stereocenters. The molecule has 0 aliphatic heterocycles. The molecule has 0 amide bonds. The van der Waals surface area contributed by atoms with E-state index in [2.05, 4.69) is 245 Å². The summed E-state index contributed by atoms with van der Waals surface area (Å²) in [5.74, 6) is -2.42. The zero-order valence-corrected chi connectivity index (χ0v) is 55.9. The fourth-order valence-electron chi connectivity index (χ4n) is 7.85. The molecule has 0 bridgehead atoms. The minimum absolute atomic E-state index is 0.118. The van der Waals surface area contributed by atoms with Crippen LogP contribution in [0.3, 0.4) is 0 Å². The number of nitrogens with zero attached hydrogens (tertiary/aromatic N) is 1. The number of carboxylic acid groups (broad SMARTS) is 1. The molecule has 0 aromatic rings. The zero-order valence-electron chi connectivity index (χ0n) is 55.9. The first kappa shape index (κ1) is 82.4. The molecule has 89 heavy (non-hydrogen) atoms. The lowest BCUT2D eigenvalue weighted by Gasteiger charge is -2.26. The first-order chi connectivity index (χ1) is 43.6. The predicted molar refractivity (Wildman–Crippen MR) is 379 cm³/mol. The molecule has 0 aromatic heterocycles. The van der Waals surface area contributed by atoms with Crippen molar-refractivity contribution in [2.24, 2.45) is 0 Å². The minimum atomic E-state index is -1.66. The molecule has 0 aliphatic carbocycles. The lowest BCUT2D eigenvalue weighted by Crippen LogP contribution is -2.44. The summed E-state index contributed by atoms with van der Waals surface area (Å²) in [6, 6.07) is 0. The van der Waals surface area contributed by atoms with E-state index < -0.39 is 30.3 Å². The first-order valence-electron chi connectivity index (χ1n) is 33.5. The van der Waals surface area contributed by atoms with E-state index in [1.54, 1.807) is 0 Å². The van der Waals surface area contributed by atoms with Crippen LogP contribution in [0.1, 0.15) is 194 Å². The molecule has 0 aromatic carbocycles. The Morgan fingerprint density at radius 3 is 0.899 bits per heavy atom. The molecule has 492 valence electrons. The van der Waals surface area contributed by atoms with Crippen molar-refractivity contribution in [1.82, 2.24) is 0 Å². The number of unbranched alkanes of at least 4 members (excludes halogenated alkanes) is 5. The van der Waals surface area contributed by atoms with Gasteiger partial charge in [0.15, 0.2) is 12.4 Å². The summed E-state index contributed by atoms with van der Waals surface area (Å²) in [5.41, 5.74) is 0. The smallest absolute Gasteiger partial charge is 0.306 e. The second kappa shape index (κ2) is 67.3. The lowest BCUT2D eigenvalue weighted by molar-refractivity contribution is -0.870. The summed E-state index contributed by atoms with van der Waals surface area (Å²) in [6.07, 6.45) is 105. The van der Waals surface area contributed by atoms with E-state index in [9.17, 15) is 19.5 Å². The Bertz CT molecular complexity index is 2310. The van der Waals surface area contributed by atoms with Crippen molar-refractivity contribution in [3.05, 3.63) is 231 Å². The van der Waals surface area contributed by atoms with E-state index in [-0.39, 0.29) is 32.7 Å². The summed E-state index contributed by atoms with van der Waals surface area (Å²) in [7, 11) is 5.88. The molecule has 0 saturated carbocycles. The third-order valence-electron chi connectivity index (χ3n) is 12.9. The van der Waals surface area contributed by atoms with Gasteiger partial charge in [0.2, 0.25) is 0 Å². The van der Waals surface area contributed by atoms with Crippen LogP contribution in [0, 0.1) is 0 Å². The van der Waals surface area contributed by atoms with Crippen molar-refractivity contribution in [1.29, 1.82) is 0 Å². The van der Waals surface area contributed by atoms with Gasteiger partial charge in [-0.25, -0.2) is 0 Å². The molecule has 9 nitrogen and oxygen atoms in total. The Hall–Kier alpha value is -6.65. The van der Waals surface area contributed by atoms with E-state index in [0.717, 1.165) is 154 Å². The van der Waals surface area contributed by atoms with Crippen molar-refractivity contribution < 1.29 is 42.9 Å². The minimum Gasteiger partial charge on any atom is -0.545 e. The molecule has 2 unspecified atom stereocenters. The van der Waals surface area contributed by atoms with Crippen molar-refractivity contribution in [3.8, 4) is 0 Å². The van der Waals surface area contributed by atoms with E-state index in [4.69, 9.17) is 18.9 Å². The molecule has 0 aliphatic rings. The van der Waals surface area contributed by atoms with Gasteiger partial charge in [-0.05, 0) is 161 Å². The first-order valence-corrected chi connectivity index (χ1v) is 33.5. The van der Waals surface area contributed by atoms with E-state index in [1.165, 1.54) is 0 Å². The Balaban J connectivity index is 4.41. The highest BCUT2D eigenvalue weighted by molar-refractivity contribution is 5.70. The maximum Gasteiger partial charge on any atom is 0.306 e. The fourth-order valence-corrected chi connectivity index (χ4v) is 7.85. The van der Waals surface area contributed by atoms with Crippen molar-refractivity contribution >= 4 is 17.9 Å². The number of rotatable bonds is 58. The maximum atomic E-state index is 12.9. The Morgan fingerprint density at radius 2 is 0.607 bits per heavy atom. The van der Waals surface area contributed by atoms with Crippen LogP contribution in [0.2, 0.25) is 0 Å². The average Bonchev–Trinajstić information content (AvgIpc) is 3.64. The largest absolute Gasteiger partial charge is 0.545 e. The van der Waals surface area contributed by atoms with Gasteiger partial charge in [0, 0.05) is 12.8 Å². The summed E-state index contributed by atoms with van der Waals surface area (Å²) >= 11 is 0. The molecule has 0 saturated heterocycles. The monoisotopic (exact) mass is 1220 g/mol. The third kappa shape index (κ3) is 68.7. The lowest BCUT2D eigenvalue weighted by atomic mass is 10.1. The number of aliphatic carboxylic acids is 1. The number of carbonyl (C=O) groups excluding carboxylic acids is 3. The average molecular weight is 1220 g/mol. The number of ether oxygens (including phenoxy) is 4. The summed E-state index contributed by atoms with van der Waals surface area (Å²) < 4.78 is 22.6. The Kier molecular flexibility index (Phi) is 62.3. The maximum absolute atomic E-state index is 12.9. The second-order valence-electron chi connectivity index (χ2n) is 22.3. The number of esters is 2. The van der Waals surface area contributed by atoms with Crippen molar-refractivity contribution in [3.63, 3.8) is 0 Å². The molecular formula is C80H119NO8. The van der Waals surface area contributed by atoms with Gasteiger partial charge < -0.3 is 33.3 Å². The second-order valence-corrected chi connectivity index (χ2v) is 22.3. The van der Waals surface area contributed by atoms with Crippen LogP contribution in [-0.2, 0) is 33.3 Å². The third-order valence-corrected chi connectivity index (χ3v) is 12.9. The van der Waals surface area contributed by atoms with Crippen LogP contribution in [0.15, 0.2) is 231 Å². The van der Waals surface area contributed by atoms with E-state index in [0.29, 0.717) is 23.9 Å². The highest BCUT2D eigenvalue weighted by atomic mass is 16.7. The predicted octanol–water partition coefficient (Wildman–Crippen LogP) is 19.8. The fraction of sp³-hybridized carbons (Fsp3) is 0.487. The number of quaternary nitrogens is 1. The zero-order chi connectivity index (χ0) is 64.7. The number of hydrogen-bond acceptors (Lipinski definition) is 8. The molecule has 0 spiro atoms. The van der Waals surface area contributed by atoms with Gasteiger partial charge in [-0.15, -0.1) is 0 Å². The standard InChI is InChI=1S/C80H119NO8/c1-6-8-10-12-14-16-18-20-22-24-26-28-30-32-34-36-38-39-41-43-45-47-49-51-53-55-57-59-61-63-65-67-69-71-78(83)89-76(75-88-80(79(84)85)86-73-72-81(3,4)5)74-87-77(82)70-68-66-64-62-60-58-56-54-52-50-48-46-44-42-40-37-35-33-31-29-27-25-23-21-19-17-15-13-11-9-7-2/h8-11,14-17,20-23,26-29,32-35,38-40,42-43,45-46,48-49,51-52,54-55,57-58,60-61,63,76,80H,6-7,12-13,18-19,24-25,30-31,36-37,41,44,47,50,53,56,59,62,64-75H2,1-5H3/b10-8-,11-9-,16-14-,17-15-,22-20-,23-21-,28-26-,29-27-,34-32-,35-33-,39-38-,42-40-,45-43-,48-46-,51-49-,54-52-,57-55-,60-58-,63-61-. The highest BCUT2D eigenvalue weighted by Gasteiger charge is 2.22. The molecule has 9 heteroatoms. The van der Waals surface area contributed by atoms with Gasteiger partial charge in [-0.3, -0.25) is 9.59 Å². The van der Waals surface area contributed by atoms with Gasteiger partial charge >= 0.3 is 11.9 Å². The van der Waals surface area contributed by atoms with Crippen LogP contribution < -0.4 is 5.11 Å². The number of carboxylic acids is 1. The van der Waals surface area contributed by atoms with Crippen molar-refractivity contribution in [2.75, 3.05) is 47.5 Å². The molecule has 0 rings (SSSR count).